The van der Waals surface area contributed by atoms with Crippen LogP contribution in [-0.2, 0) is 16.6 Å². The zero-order valence-corrected chi connectivity index (χ0v) is 27.4. The molecule has 3 fully saturated rings. The van der Waals surface area contributed by atoms with E-state index in [1.807, 2.05) is 12.1 Å². The number of carbonyl (C=O) groups is 1. The Morgan fingerprint density at radius 2 is 1.55 bits per heavy atom. The van der Waals surface area contributed by atoms with Gasteiger partial charge in [0.15, 0.2) is 0 Å². The molecule has 9 nitrogen and oxygen atoms in total. The van der Waals surface area contributed by atoms with Gasteiger partial charge in [-0.05, 0) is 67.1 Å². The molecular formula is C33H49ClN6O3S. The zero-order valence-electron chi connectivity index (χ0n) is 25.9. The highest BCUT2D eigenvalue weighted by atomic mass is 35.5. The second-order valence-corrected chi connectivity index (χ2v) is 15.1. The highest BCUT2D eigenvalue weighted by Gasteiger charge is 2.46. The minimum Gasteiger partial charge on any atom is -0.334 e. The average molecular weight is 645 g/mol. The number of amides is 2. The van der Waals surface area contributed by atoms with E-state index in [-0.39, 0.29) is 27.9 Å². The van der Waals surface area contributed by atoms with Crippen LogP contribution in [0.5, 0.6) is 0 Å². The molecule has 1 spiro atoms. The molecule has 1 saturated carbocycles. The van der Waals surface area contributed by atoms with E-state index in [2.05, 4.69) is 25.8 Å². The van der Waals surface area contributed by atoms with Crippen LogP contribution in [-0.4, -0.2) is 72.9 Å². The summed E-state index contributed by atoms with van der Waals surface area (Å²) in [6, 6.07) is 9.69. The maximum absolute atomic E-state index is 13.5. The monoisotopic (exact) mass is 644 g/mol. The van der Waals surface area contributed by atoms with E-state index in [1.165, 1.54) is 70.6 Å². The largest absolute Gasteiger partial charge is 0.334 e. The second-order valence-electron chi connectivity index (χ2n) is 12.7. The molecule has 0 radical (unpaired) electrons. The van der Waals surface area contributed by atoms with E-state index < -0.39 is 10.0 Å². The Labute approximate surface area is 268 Å². The van der Waals surface area contributed by atoms with Gasteiger partial charge in [0, 0.05) is 50.8 Å². The Bertz CT molecular complexity index is 1280. The van der Waals surface area contributed by atoms with E-state index >= 15 is 0 Å². The van der Waals surface area contributed by atoms with Crippen LogP contribution in [0.2, 0.25) is 0 Å². The molecule has 3 heterocycles. The van der Waals surface area contributed by atoms with Crippen LogP contribution in [0, 0.1) is 5.41 Å². The third-order valence-electron chi connectivity index (χ3n) is 9.78. The van der Waals surface area contributed by atoms with Gasteiger partial charge < -0.3 is 16.0 Å². The van der Waals surface area contributed by atoms with Gasteiger partial charge >= 0.3 is 6.03 Å². The number of urea groups is 1. The molecule has 2 unspecified atom stereocenters. The fourth-order valence-corrected chi connectivity index (χ4v) is 9.14. The minimum absolute atomic E-state index is 0.0175. The van der Waals surface area contributed by atoms with Crippen molar-refractivity contribution in [2.75, 3.05) is 38.0 Å². The number of nitrogens with zero attached hydrogens (tertiary/aromatic N) is 3. The number of nitrogens with one attached hydrogen (secondary N) is 3. The standard InChI is InChI=1S/C33H49ClN6O3S/c34-30-31(36-20-18-33(30)16-8-6-4-2-1-3-5-7-9-17-33)39-21-23-40(24-22-39)44(42,43)29-14-12-28(13-15-29)38-32(41)37-26-27-11-10-19-35-25-27/h10-15,19,25,30-31,36H,1-9,16-18,20-24,26H2,(H2,37,38,41). The number of halogens is 1. The van der Waals surface area contributed by atoms with Gasteiger partial charge in [0.2, 0.25) is 10.0 Å². The molecule has 0 bridgehead atoms. The lowest BCUT2D eigenvalue weighted by atomic mass is 9.69. The van der Waals surface area contributed by atoms with Crippen molar-refractivity contribution in [1.29, 1.82) is 0 Å². The molecule has 2 saturated heterocycles. The Hall–Kier alpha value is -2.24. The van der Waals surface area contributed by atoms with Crippen LogP contribution in [0.25, 0.3) is 0 Å². The molecule has 3 aliphatic rings. The second kappa shape index (κ2) is 15.9. The molecule has 242 valence electrons. The lowest BCUT2D eigenvalue weighted by Gasteiger charge is -2.51. The first kappa shape index (κ1) is 33.1. The number of benzene rings is 1. The Kier molecular flexibility index (Phi) is 11.9. The third-order valence-corrected chi connectivity index (χ3v) is 12.4. The molecule has 1 aliphatic carbocycles. The summed E-state index contributed by atoms with van der Waals surface area (Å²) in [7, 11) is -3.65. The molecule has 1 aromatic carbocycles. The number of piperidine rings is 1. The average Bonchev–Trinajstić information content (AvgIpc) is 3.04. The number of alkyl halides is 1. The van der Waals surface area contributed by atoms with Crippen LogP contribution >= 0.6 is 11.6 Å². The number of sulfonamides is 1. The summed E-state index contributed by atoms with van der Waals surface area (Å²) in [4.78, 5) is 18.9. The summed E-state index contributed by atoms with van der Waals surface area (Å²) < 4.78 is 28.6. The van der Waals surface area contributed by atoms with Crippen molar-refractivity contribution in [3.05, 3.63) is 54.4 Å². The number of aromatic nitrogens is 1. The zero-order chi connectivity index (χ0) is 30.8. The Balaban J connectivity index is 1.14. The van der Waals surface area contributed by atoms with Crippen LogP contribution in [0.3, 0.4) is 0 Å². The van der Waals surface area contributed by atoms with Crippen molar-refractivity contribution in [3.8, 4) is 0 Å². The van der Waals surface area contributed by atoms with Crippen LogP contribution in [0.4, 0.5) is 10.5 Å². The highest BCUT2D eigenvalue weighted by molar-refractivity contribution is 7.89. The summed E-state index contributed by atoms with van der Waals surface area (Å²) in [5.74, 6) is 0. The fourth-order valence-electron chi connectivity index (χ4n) is 7.14. The summed E-state index contributed by atoms with van der Waals surface area (Å²) in [5.41, 5.74) is 1.57. The summed E-state index contributed by atoms with van der Waals surface area (Å²) >= 11 is 7.40. The first-order valence-electron chi connectivity index (χ1n) is 16.5. The van der Waals surface area contributed by atoms with Crippen molar-refractivity contribution >= 4 is 33.3 Å². The molecule has 3 N–H and O–H groups in total. The number of anilines is 1. The van der Waals surface area contributed by atoms with Crippen LogP contribution in [0.15, 0.2) is 53.7 Å². The quantitative estimate of drug-likeness (QED) is 0.337. The topological polar surface area (TPSA) is 107 Å². The molecule has 2 aliphatic heterocycles. The van der Waals surface area contributed by atoms with E-state index in [9.17, 15) is 13.2 Å². The Morgan fingerprint density at radius 3 is 2.16 bits per heavy atom. The maximum Gasteiger partial charge on any atom is 0.319 e. The van der Waals surface area contributed by atoms with E-state index in [0.717, 1.165) is 18.5 Å². The van der Waals surface area contributed by atoms with E-state index in [0.29, 0.717) is 38.4 Å². The predicted octanol–water partition coefficient (Wildman–Crippen LogP) is 5.93. The van der Waals surface area contributed by atoms with E-state index in [1.54, 1.807) is 41.0 Å². The summed E-state index contributed by atoms with van der Waals surface area (Å²) in [6.07, 6.45) is 18.9. The number of rotatable bonds is 6. The molecule has 5 rings (SSSR count). The predicted molar refractivity (Wildman–Crippen MR) is 176 cm³/mol. The lowest BCUT2D eigenvalue weighted by molar-refractivity contribution is 0.0350. The minimum atomic E-state index is -3.65. The maximum atomic E-state index is 13.5. The molecule has 2 amide bonds. The number of pyridine rings is 1. The van der Waals surface area contributed by atoms with Crippen molar-refractivity contribution < 1.29 is 13.2 Å². The van der Waals surface area contributed by atoms with Gasteiger partial charge in [-0.25, -0.2) is 13.2 Å². The number of hydrogen-bond donors (Lipinski definition) is 3. The summed E-state index contributed by atoms with van der Waals surface area (Å²) in [5, 5.41) is 9.26. The highest BCUT2D eigenvalue weighted by Crippen LogP contribution is 2.45. The van der Waals surface area contributed by atoms with Gasteiger partial charge in [0.05, 0.1) is 16.4 Å². The third kappa shape index (κ3) is 8.51. The van der Waals surface area contributed by atoms with Crippen LogP contribution < -0.4 is 16.0 Å². The first-order chi connectivity index (χ1) is 21.4. The first-order valence-corrected chi connectivity index (χ1v) is 18.4. The van der Waals surface area contributed by atoms with Gasteiger partial charge in [-0.3, -0.25) is 9.88 Å². The summed E-state index contributed by atoms with van der Waals surface area (Å²) in [6.45, 7) is 3.45. The molecule has 44 heavy (non-hydrogen) atoms. The fraction of sp³-hybridized carbons (Fsp3) is 0.636. The van der Waals surface area contributed by atoms with Crippen LogP contribution in [0.1, 0.15) is 82.6 Å². The van der Waals surface area contributed by atoms with Crippen molar-refractivity contribution in [1.82, 2.24) is 24.8 Å². The van der Waals surface area contributed by atoms with Crippen molar-refractivity contribution in [2.45, 2.75) is 100 Å². The van der Waals surface area contributed by atoms with E-state index in [4.69, 9.17) is 11.6 Å². The number of hydrogen-bond acceptors (Lipinski definition) is 6. The van der Waals surface area contributed by atoms with Crippen molar-refractivity contribution in [3.63, 3.8) is 0 Å². The SMILES string of the molecule is O=C(NCc1cccnc1)Nc1ccc(S(=O)(=O)N2CCN(C3NCCC4(CCCCCCCCCCC4)C3Cl)CC2)cc1. The number of carbonyl (C=O) groups excluding carboxylic acids is 1. The lowest BCUT2D eigenvalue weighted by Crippen LogP contribution is -2.64. The molecule has 1 aromatic heterocycles. The van der Waals surface area contributed by atoms with Gasteiger partial charge in [-0.2, -0.15) is 4.31 Å². The Morgan fingerprint density at radius 1 is 0.909 bits per heavy atom. The van der Waals surface area contributed by atoms with Gasteiger partial charge in [-0.1, -0.05) is 63.9 Å². The molecule has 2 aromatic rings. The van der Waals surface area contributed by atoms with Gasteiger partial charge in [0.25, 0.3) is 0 Å². The molecule has 11 heteroatoms. The number of piperazine rings is 1. The van der Waals surface area contributed by atoms with Gasteiger partial charge in [0.1, 0.15) is 0 Å². The normalized spacial score (nSPS) is 24.6. The smallest absolute Gasteiger partial charge is 0.319 e. The van der Waals surface area contributed by atoms with Gasteiger partial charge in [-0.15, -0.1) is 11.6 Å². The molecular weight excluding hydrogens is 596 g/mol. The van der Waals surface area contributed by atoms with Crippen molar-refractivity contribution in [2.24, 2.45) is 5.41 Å². The molecule has 2 atom stereocenters.